The van der Waals surface area contributed by atoms with Crippen LogP contribution in [0.5, 0.6) is 0 Å². The van der Waals surface area contributed by atoms with Crippen molar-refractivity contribution >= 4 is 5.91 Å². The third kappa shape index (κ3) is 2.65. The van der Waals surface area contributed by atoms with Gasteiger partial charge >= 0.3 is 0 Å². The first kappa shape index (κ1) is 11.9. The largest absolute Gasteiger partial charge is 0.338 e. The number of hydrogen-bond donors (Lipinski definition) is 0. The van der Waals surface area contributed by atoms with Gasteiger partial charge in [-0.1, -0.05) is 24.3 Å². The van der Waals surface area contributed by atoms with Crippen molar-refractivity contribution in [3.05, 3.63) is 54.2 Å². The Bertz CT molecular complexity index is 580. The summed E-state index contributed by atoms with van der Waals surface area (Å²) in [5, 5.41) is 0. The van der Waals surface area contributed by atoms with Crippen LogP contribution in [0.1, 0.15) is 18.4 Å². The van der Waals surface area contributed by atoms with Crippen LogP contribution in [0.15, 0.2) is 48.7 Å². The van der Waals surface area contributed by atoms with E-state index in [1.807, 2.05) is 29.2 Å². The van der Waals surface area contributed by atoms with Crippen LogP contribution in [0.3, 0.4) is 0 Å². The second kappa shape index (κ2) is 5.22. The summed E-state index contributed by atoms with van der Waals surface area (Å²) >= 11 is 0. The minimum atomic E-state index is 0.267. The number of carbonyl (C=O) groups is 1. The molecule has 1 saturated heterocycles. The number of amides is 1. The molecule has 0 bridgehead atoms. The molecule has 1 aromatic carbocycles. The highest BCUT2D eigenvalue weighted by Gasteiger charge is 2.19. The maximum absolute atomic E-state index is 11.6. The third-order valence-corrected chi connectivity index (χ3v) is 3.43. The molecule has 96 valence electrons. The van der Waals surface area contributed by atoms with E-state index in [0.29, 0.717) is 13.0 Å². The monoisotopic (exact) mass is 252 g/mol. The van der Waals surface area contributed by atoms with Crippen LogP contribution in [-0.4, -0.2) is 22.3 Å². The zero-order chi connectivity index (χ0) is 13.1. The van der Waals surface area contributed by atoms with Crippen molar-refractivity contribution < 1.29 is 4.79 Å². The second-order valence-electron chi connectivity index (χ2n) is 4.83. The minimum Gasteiger partial charge on any atom is -0.338 e. The molecular formula is C16H16N2O. The van der Waals surface area contributed by atoms with Crippen LogP contribution >= 0.6 is 0 Å². The molecule has 0 radical (unpaired) electrons. The van der Waals surface area contributed by atoms with Gasteiger partial charge in [-0.15, -0.1) is 0 Å². The van der Waals surface area contributed by atoms with Crippen LogP contribution in [0.4, 0.5) is 0 Å². The Morgan fingerprint density at radius 3 is 2.84 bits per heavy atom. The van der Waals surface area contributed by atoms with Crippen molar-refractivity contribution in [3.8, 4) is 11.3 Å². The molecule has 1 amide bonds. The fraction of sp³-hybridized carbons (Fsp3) is 0.250. The quantitative estimate of drug-likeness (QED) is 0.841. The van der Waals surface area contributed by atoms with E-state index in [-0.39, 0.29) is 5.91 Å². The number of rotatable bonds is 3. The Hall–Kier alpha value is -2.16. The SMILES string of the molecule is O=C1CCCN1Cc1cccc(-c2ccccn2)c1. The molecule has 0 spiro atoms. The van der Waals surface area contributed by atoms with E-state index in [0.717, 1.165) is 24.2 Å². The van der Waals surface area contributed by atoms with Crippen LogP contribution in [-0.2, 0) is 11.3 Å². The van der Waals surface area contributed by atoms with E-state index in [1.54, 1.807) is 6.20 Å². The molecule has 19 heavy (non-hydrogen) atoms. The number of pyridine rings is 1. The van der Waals surface area contributed by atoms with Crippen LogP contribution in [0, 0.1) is 0 Å². The fourth-order valence-electron chi connectivity index (χ4n) is 2.45. The lowest BCUT2D eigenvalue weighted by molar-refractivity contribution is -0.128. The van der Waals surface area contributed by atoms with E-state index >= 15 is 0 Å². The van der Waals surface area contributed by atoms with Gasteiger partial charge in [0.25, 0.3) is 0 Å². The highest BCUT2D eigenvalue weighted by Crippen LogP contribution is 2.20. The summed E-state index contributed by atoms with van der Waals surface area (Å²) < 4.78 is 0. The van der Waals surface area contributed by atoms with E-state index in [1.165, 1.54) is 5.56 Å². The van der Waals surface area contributed by atoms with E-state index in [2.05, 4.69) is 23.2 Å². The van der Waals surface area contributed by atoms with Gasteiger partial charge in [0, 0.05) is 31.3 Å². The predicted octanol–water partition coefficient (Wildman–Crippen LogP) is 2.87. The van der Waals surface area contributed by atoms with Crippen molar-refractivity contribution in [2.24, 2.45) is 0 Å². The molecule has 2 heterocycles. The summed E-state index contributed by atoms with van der Waals surface area (Å²) in [6.07, 6.45) is 3.48. The fourth-order valence-corrected chi connectivity index (χ4v) is 2.45. The average Bonchev–Trinajstić information content (AvgIpc) is 2.86. The number of benzene rings is 1. The number of carbonyl (C=O) groups excluding carboxylic acids is 1. The molecule has 3 heteroatoms. The van der Waals surface area contributed by atoms with Gasteiger partial charge in [-0.2, -0.15) is 0 Å². The van der Waals surface area contributed by atoms with Gasteiger partial charge in [0.05, 0.1) is 5.69 Å². The predicted molar refractivity (Wildman–Crippen MR) is 74.3 cm³/mol. The van der Waals surface area contributed by atoms with Gasteiger partial charge in [0.1, 0.15) is 0 Å². The van der Waals surface area contributed by atoms with Gasteiger partial charge in [-0.25, -0.2) is 0 Å². The molecular weight excluding hydrogens is 236 g/mol. The van der Waals surface area contributed by atoms with Crippen molar-refractivity contribution in [2.45, 2.75) is 19.4 Å². The van der Waals surface area contributed by atoms with E-state index in [4.69, 9.17) is 0 Å². The maximum atomic E-state index is 11.6. The third-order valence-electron chi connectivity index (χ3n) is 3.43. The zero-order valence-corrected chi connectivity index (χ0v) is 10.7. The molecule has 3 nitrogen and oxygen atoms in total. The standard InChI is InChI=1S/C16H16N2O/c19-16-8-4-10-18(16)12-13-5-3-6-14(11-13)15-7-1-2-9-17-15/h1-3,5-7,9,11H,4,8,10,12H2. The Morgan fingerprint density at radius 1 is 1.16 bits per heavy atom. The number of hydrogen-bond acceptors (Lipinski definition) is 2. The highest BCUT2D eigenvalue weighted by atomic mass is 16.2. The van der Waals surface area contributed by atoms with Gasteiger partial charge in [-0.3, -0.25) is 9.78 Å². The molecule has 1 aliphatic heterocycles. The minimum absolute atomic E-state index is 0.267. The molecule has 0 atom stereocenters. The Morgan fingerprint density at radius 2 is 2.11 bits per heavy atom. The lowest BCUT2D eigenvalue weighted by Gasteiger charge is -2.15. The summed E-state index contributed by atoms with van der Waals surface area (Å²) in [5.74, 6) is 0.267. The first-order chi connectivity index (χ1) is 9.33. The van der Waals surface area contributed by atoms with Crippen molar-refractivity contribution in [3.63, 3.8) is 0 Å². The number of likely N-dealkylation sites (tertiary alicyclic amines) is 1. The molecule has 1 aliphatic rings. The topological polar surface area (TPSA) is 33.2 Å². The second-order valence-corrected chi connectivity index (χ2v) is 4.83. The van der Waals surface area contributed by atoms with Gasteiger partial charge in [-0.05, 0) is 30.2 Å². The van der Waals surface area contributed by atoms with Crippen LogP contribution in [0.2, 0.25) is 0 Å². The first-order valence-electron chi connectivity index (χ1n) is 6.61. The Balaban J connectivity index is 1.82. The summed E-state index contributed by atoms with van der Waals surface area (Å²) in [6, 6.07) is 14.2. The van der Waals surface area contributed by atoms with E-state index < -0.39 is 0 Å². The van der Waals surface area contributed by atoms with Crippen LogP contribution in [0.25, 0.3) is 11.3 Å². The Kier molecular flexibility index (Phi) is 3.27. The molecule has 1 aromatic heterocycles. The summed E-state index contributed by atoms with van der Waals surface area (Å²) in [5.41, 5.74) is 3.24. The van der Waals surface area contributed by atoms with Crippen LogP contribution < -0.4 is 0 Å². The zero-order valence-electron chi connectivity index (χ0n) is 10.7. The van der Waals surface area contributed by atoms with Crippen molar-refractivity contribution in [1.82, 2.24) is 9.88 Å². The average molecular weight is 252 g/mol. The first-order valence-corrected chi connectivity index (χ1v) is 6.61. The molecule has 0 aliphatic carbocycles. The molecule has 1 fully saturated rings. The van der Waals surface area contributed by atoms with Gasteiger partial charge in [0.15, 0.2) is 0 Å². The van der Waals surface area contributed by atoms with E-state index in [9.17, 15) is 4.79 Å². The molecule has 0 saturated carbocycles. The maximum Gasteiger partial charge on any atom is 0.222 e. The summed E-state index contributed by atoms with van der Waals surface area (Å²) in [7, 11) is 0. The highest BCUT2D eigenvalue weighted by molar-refractivity contribution is 5.78. The lowest BCUT2D eigenvalue weighted by atomic mass is 10.1. The lowest BCUT2D eigenvalue weighted by Crippen LogP contribution is -2.23. The summed E-state index contributed by atoms with van der Waals surface area (Å²) in [4.78, 5) is 17.9. The van der Waals surface area contributed by atoms with Gasteiger partial charge < -0.3 is 4.90 Å². The molecule has 3 rings (SSSR count). The normalized spacial score (nSPS) is 14.9. The van der Waals surface area contributed by atoms with Gasteiger partial charge in [0.2, 0.25) is 5.91 Å². The van der Waals surface area contributed by atoms with Crippen molar-refractivity contribution in [1.29, 1.82) is 0 Å². The smallest absolute Gasteiger partial charge is 0.222 e. The molecule has 2 aromatic rings. The molecule has 0 unspecified atom stereocenters. The Labute approximate surface area is 112 Å². The number of aromatic nitrogens is 1. The summed E-state index contributed by atoms with van der Waals surface area (Å²) in [6.45, 7) is 1.59. The van der Waals surface area contributed by atoms with Crippen molar-refractivity contribution in [2.75, 3.05) is 6.54 Å². The number of nitrogens with zero attached hydrogens (tertiary/aromatic N) is 2. The molecule has 0 N–H and O–H groups in total.